The largest absolute Gasteiger partial charge is 0.490 e. The predicted octanol–water partition coefficient (Wildman–Crippen LogP) is -0.0985. The third-order valence-electron chi connectivity index (χ3n) is 3.09. The molecule has 1 aromatic rings. The number of para-hydroxylation sites is 2. The first-order valence-electron chi connectivity index (χ1n) is 6.09. The summed E-state index contributed by atoms with van der Waals surface area (Å²) < 4.78 is 30.5. The smallest absolute Gasteiger partial charge is 0.217 e. The zero-order chi connectivity index (χ0) is 13.9. The standard InChI is InChI=1S/C12H18N2O4S/c13-11-3-1-2-4-12(11)18-5-6-19(16,17)14-7-10(8-14)9-15/h1-4,10,15H,5-9,13H2. The second-order valence-corrected chi connectivity index (χ2v) is 6.66. The van der Waals surface area contributed by atoms with E-state index in [-0.39, 0.29) is 24.9 Å². The zero-order valence-corrected chi connectivity index (χ0v) is 11.3. The van der Waals surface area contributed by atoms with Gasteiger partial charge in [-0.05, 0) is 12.1 Å². The number of ether oxygens (including phenoxy) is 1. The van der Waals surface area contributed by atoms with Gasteiger partial charge in [-0.25, -0.2) is 12.7 Å². The number of nitrogens with zero attached hydrogens (tertiary/aromatic N) is 1. The Balaban J connectivity index is 1.81. The monoisotopic (exact) mass is 286 g/mol. The first kappa shape index (κ1) is 14.1. The maximum absolute atomic E-state index is 11.9. The third kappa shape index (κ3) is 3.37. The van der Waals surface area contributed by atoms with Gasteiger partial charge in [-0.2, -0.15) is 0 Å². The maximum atomic E-state index is 11.9. The van der Waals surface area contributed by atoms with Crippen LogP contribution in [0.5, 0.6) is 5.75 Å². The fourth-order valence-corrected chi connectivity index (χ4v) is 3.29. The van der Waals surface area contributed by atoms with Crippen molar-refractivity contribution in [1.29, 1.82) is 0 Å². The topological polar surface area (TPSA) is 92.9 Å². The summed E-state index contributed by atoms with van der Waals surface area (Å²) in [5.74, 6) is 0.481. The molecule has 1 heterocycles. The van der Waals surface area contributed by atoms with Crippen molar-refractivity contribution >= 4 is 15.7 Å². The molecule has 2 rings (SSSR count). The first-order chi connectivity index (χ1) is 9.03. The molecule has 0 aromatic heterocycles. The third-order valence-corrected chi connectivity index (χ3v) is 4.86. The Bertz CT molecular complexity index is 526. The van der Waals surface area contributed by atoms with Crippen LogP contribution in [0, 0.1) is 5.92 Å². The van der Waals surface area contributed by atoms with Crippen molar-refractivity contribution in [3.63, 3.8) is 0 Å². The molecule has 0 amide bonds. The SMILES string of the molecule is Nc1ccccc1OCCS(=O)(=O)N1CC(CO)C1. The molecule has 19 heavy (non-hydrogen) atoms. The Labute approximate surface area is 112 Å². The van der Waals surface area contributed by atoms with Gasteiger partial charge in [0.05, 0.1) is 11.4 Å². The Hall–Kier alpha value is -1.31. The molecule has 1 saturated heterocycles. The quantitative estimate of drug-likeness (QED) is 0.712. The lowest BCUT2D eigenvalue weighted by molar-refractivity contribution is 0.117. The van der Waals surface area contributed by atoms with Gasteiger partial charge in [0.25, 0.3) is 0 Å². The molecule has 0 unspecified atom stereocenters. The molecule has 1 fully saturated rings. The van der Waals surface area contributed by atoms with E-state index in [9.17, 15) is 8.42 Å². The summed E-state index contributed by atoms with van der Waals surface area (Å²) in [4.78, 5) is 0. The van der Waals surface area contributed by atoms with Crippen LogP contribution in [-0.4, -0.2) is 49.9 Å². The predicted molar refractivity (Wildman–Crippen MR) is 72.3 cm³/mol. The number of hydrogen-bond acceptors (Lipinski definition) is 5. The normalized spacial score (nSPS) is 17.1. The Morgan fingerprint density at radius 2 is 2.05 bits per heavy atom. The lowest BCUT2D eigenvalue weighted by Crippen LogP contribution is -2.52. The summed E-state index contributed by atoms with van der Waals surface area (Å²) in [5, 5.41) is 8.86. The van der Waals surface area contributed by atoms with Crippen LogP contribution in [0.25, 0.3) is 0 Å². The molecule has 1 aromatic carbocycles. The summed E-state index contributed by atoms with van der Waals surface area (Å²) in [5.41, 5.74) is 6.18. The van der Waals surface area contributed by atoms with Crippen LogP contribution in [0.1, 0.15) is 0 Å². The second-order valence-electron chi connectivity index (χ2n) is 4.57. The summed E-state index contributed by atoms with van der Waals surface area (Å²) in [6.45, 7) is 0.887. The highest BCUT2D eigenvalue weighted by molar-refractivity contribution is 7.89. The van der Waals surface area contributed by atoms with Crippen LogP contribution in [0.15, 0.2) is 24.3 Å². The highest BCUT2D eigenvalue weighted by atomic mass is 32.2. The van der Waals surface area contributed by atoms with E-state index in [2.05, 4.69) is 0 Å². The van der Waals surface area contributed by atoms with Gasteiger partial charge in [-0.15, -0.1) is 0 Å². The first-order valence-corrected chi connectivity index (χ1v) is 7.70. The van der Waals surface area contributed by atoms with Gasteiger partial charge in [0.2, 0.25) is 10.0 Å². The molecule has 0 atom stereocenters. The van der Waals surface area contributed by atoms with Crippen LogP contribution < -0.4 is 10.5 Å². The van der Waals surface area contributed by atoms with Crippen molar-refractivity contribution < 1.29 is 18.3 Å². The van der Waals surface area contributed by atoms with Crippen molar-refractivity contribution in [1.82, 2.24) is 4.31 Å². The van der Waals surface area contributed by atoms with E-state index < -0.39 is 10.0 Å². The number of benzene rings is 1. The zero-order valence-electron chi connectivity index (χ0n) is 10.5. The number of nitrogen functional groups attached to an aromatic ring is 1. The van der Waals surface area contributed by atoms with Crippen LogP contribution in [0.3, 0.4) is 0 Å². The number of hydrogen-bond donors (Lipinski definition) is 2. The number of aliphatic hydroxyl groups is 1. The molecular formula is C12H18N2O4S. The molecule has 3 N–H and O–H groups in total. The second kappa shape index (κ2) is 5.77. The summed E-state index contributed by atoms with van der Waals surface area (Å²) >= 11 is 0. The number of anilines is 1. The number of sulfonamides is 1. The Kier molecular flexibility index (Phi) is 4.28. The fraction of sp³-hybridized carbons (Fsp3) is 0.500. The van der Waals surface area contributed by atoms with E-state index in [0.29, 0.717) is 24.5 Å². The molecule has 0 radical (unpaired) electrons. The average Bonchev–Trinajstić information content (AvgIpc) is 2.30. The molecule has 0 saturated carbocycles. The van der Waals surface area contributed by atoms with Crippen molar-refractivity contribution in [2.24, 2.45) is 5.92 Å². The maximum Gasteiger partial charge on any atom is 0.217 e. The molecule has 1 aliphatic rings. The van der Waals surface area contributed by atoms with Crippen LogP contribution in [0.2, 0.25) is 0 Å². The van der Waals surface area contributed by atoms with Crippen LogP contribution in [0.4, 0.5) is 5.69 Å². The van der Waals surface area contributed by atoms with Gasteiger partial charge >= 0.3 is 0 Å². The van der Waals surface area contributed by atoms with Gasteiger partial charge in [-0.1, -0.05) is 12.1 Å². The Morgan fingerprint density at radius 3 is 2.68 bits per heavy atom. The molecule has 0 spiro atoms. The van der Waals surface area contributed by atoms with E-state index in [1.165, 1.54) is 4.31 Å². The highest BCUT2D eigenvalue weighted by Gasteiger charge is 2.34. The van der Waals surface area contributed by atoms with E-state index in [1.807, 2.05) is 0 Å². The molecular weight excluding hydrogens is 268 g/mol. The van der Waals surface area contributed by atoms with E-state index in [4.69, 9.17) is 15.6 Å². The lowest BCUT2D eigenvalue weighted by atomic mass is 10.1. The van der Waals surface area contributed by atoms with Crippen LogP contribution >= 0.6 is 0 Å². The minimum atomic E-state index is -3.29. The van der Waals surface area contributed by atoms with E-state index >= 15 is 0 Å². The summed E-state index contributed by atoms with van der Waals surface area (Å²) in [6.07, 6.45) is 0. The molecule has 7 heteroatoms. The van der Waals surface area contributed by atoms with Crippen molar-refractivity contribution in [3.8, 4) is 5.75 Å². The number of rotatable bonds is 6. The van der Waals surface area contributed by atoms with Gasteiger partial charge in [-0.3, -0.25) is 0 Å². The van der Waals surface area contributed by atoms with E-state index in [0.717, 1.165) is 0 Å². The number of aliphatic hydroxyl groups excluding tert-OH is 1. The average molecular weight is 286 g/mol. The van der Waals surface area contributed by atoms with Crippen LogP contribution in [-0.2, 0) is 10.0 Å². The van der Waals surface area contributed by atoms with Crippen molar-refractivity contribution in [2.45, 2.75) is 0 Å². The number of nitrogens with two attached hydrogens (primary N) is 1. The van der Waals surface area contributed by atoms with Crippen molar-refractivity contribution in [2.75, 3.05) is 37.8 Å². The molecule has 1 aliphatic heterocycles. The molecule has 6 nitrogen and oxygen atoms in total. The minimum Gasteiger partial charge on any atom is -0.490 e. The van der Waals surface area contributed by atoms with Gasteiger partial charge < -0.3 is 15.6 Å². The van der Waals surface area contributed by atoms with Gasteiger partial charge in [0.15, 0.2) is 0 Å². The molecule has 0 aliphatic carbocycles. The van der Waals surface area contributed by atoms with E-state index in [1.54, 1.807) is 24.3 Å². The highest BCUT2D eigenvalue weighted by Crippen LogP contribution is 2.21. The summed E-state index contributed by atoms with van der Waals surface area (Å²) in [7, 11) is -3.29. The lowest BCUT2D eigenvalue weighted by Gasteiger charge is -2.36. The van der Waals surface area contributed by atoms with Gasteiger partial charge in [0, 0.05) is 25.6 Å². The minimum absolute atomic E-state index is 0.0308. The van der Waals surface area contributed by atoms with Gasteiger partial charge in [0.1, 0.15) is 12.4 Å². The molecule has 0 bridgehead atoms. The summed E-state index contributed by atoms with van der Waals surface area (Å²) in [6, 6.07) is 6.97. The van der Waals surface area contributed by atoms with Crippen molar-refractivity contribution in [3.05, 3.63) is 24.3 Å². The molecule has 106 valence electrons. The Morgan fingerprint density at radius 1 is 1.37 bits per heavy atom. The fourth-order valence-electron chi connectivity index (χ4n) is 1.86.